The van der Waals surface area contributed by atoms with Crippen LogP contribution in [-0.4, -0.2) is 41.6 Å². The third kappa shape index (κ3) is 3.17. The third-order valence-electron chi connectivity index (χ3n) is 4.16. The van der Waals surface area contributed by atoms with Crippen LogP contribution in [0.3, 0.4) is 0 Å². The maximum atomic E-state index is 12.7. The van der Waals surface area contributed by atoms with E-state index in [0.717, 1.165) is 17.7 Å². The summed E-state index contributed by atoms with van der Waals surface area (Å²) in [6, 6.07) is 6.62. The number of carboxylic acids is 1. The van der Waals surface area contributed by atoms with Crippen molar-refractivity contribution in [1.82, 2.24) is 4.90 Å². The average Bonchev–Trinajstić information content (AvgIpc) is 2.46. The number of carboxylic acid groups (broad SMARTS) is 1. The van der Waals surface area contributed by atoms with Gasteiger partial charge in [-0.05, 0) is 37.3 Å². The van der Waals surface area contributed by atoms with Gasteiger partial charge < -0.3 is 10.0 Å². The Morgan fingerprint density at radius 1 is 1.33 bits per heavy atom. The lowest BCUT2D eigenvalue weighted by atomic mass is 9.92. The molecule has 1 fully saturated rings. The zero-order valence-electron chi connectivity index (χ0n) is 12.7. The van der Waals surface area contributed by atoms with Crippen molar-refractivity contribution in [1.29, 1.82) is 0 Å². The molecule has 5 heteroatoms. The summed E-state index contributed by atoms with van der Waals surface area (Å²) < 4.78 is 0. The molecule has 2 rings (SSSR count). The maximum absolute atomic E-state index is 12.7. The van der Waals surface area contributed by atoms with Crippen molar-refractivity contribution in [3.05, 3.63) is 29.8 Å². The molecule has 1 aliphatic rings. The molecule has 114 valence electrons. The summed E-state index contributed by atoms with van der Waals surface area (Å²) in [6.07, 6.45) is 1.36. The highest BCUT2D eigenvalue weighted by molar-refractivity contribution is 5.94. The number of piperidine rings is 1. The highest BCUT2D eigenvalue weighted by Crippen LogP contribution is 2.26. The Morgan fingerprint density at radius 3 is 2.62 bits per heavy atom. The molecule has 1 aliphatic heterocycles. The minimum absolute atomic E-state index is 0.247. The fourth-order valence-electron chi connectivity index (χ4n) is 2.84. The van der Waals surface area contributed by atoms with E-state index < -0.39 is 12.0 Å². The lowest BCUT2D eigenvalue weighted by molar-refractivity contribution is -0.143. The first-order valence-corrected chi connectivity index (χ1v) is 7.24. The number of nitrogens with zero attached hydrogens (tertiary/aromatic N) is 2. The number of urea groups is 1. The summed E-state index contributed by atoms with van der Waals surface area (Å²) in [4.78, 5) is 27.1. The number of hydrogen-bond donors (Lipinski definition) is 1. The van der Waals surface area contributed by atoms with E-state index >= 15 is 0 Å². The number of amides is 2. The van der Waals surface area contributed by atoms with Gasteiger partial charge in [-0.2, -0.15) is 0 Å². The van der Waals surface area contributed by atoms with Gasteiger partial charge >= 0.3 is 12.0 Å². The number of aryl methyl sites for hydroxylation is 1. The van der Waals surface area contributed by atoms with Crippen molar-refractivity contribution in [3.63, 3.8) is 0 Å². The first kappa shape index (κ1) is 15.4. The van der Waals surface area contributed by atoms with Gasteiger partial charge in [0.25, 0.3) is 0 Å². The molecule has 0 aromatic heterocycles. The summed E-state index contributed by atoms with van der Waals surface area (Å²) in [5.41, 5.74) is 1.80. The van der Waals surface area contributed by atoms with Crippen LogP contribution in [0, 0.1) is 12.8 Å². The fourth-order valence-corrected chi connectivity index (χ4v) is 2.84. The topological polar surface area (TPSA) is 60.9 Å². The van der Waals surface area contributed by atoms with Crippen molar-refractivity contribution in [2.75, 3.05) is 18.5 Å². The number of benzene rings is 1. The average molecular weight is 290 g/mol. The zero-order chi connectivity index (χ0) is 15.6. The van der Waals surface area contributed by atoms with Gasteiger partial charge in [0.1, 0.15) is 6.04 Å². The monoisotopic (exact) mass is 290 g/mol. The van der Waals surface area contributed by atoms with Gasteiger partial charge in [-0.1, -0.05) is 25.1 Å². The highest BCUT2D eigenvalue weighted by atomic mass is 16.4. The quantitative estimate of drug-likeness (QED) is 0.911. The molecule has 21 heavy (non-hydrogen) atoms. The van der Waals surface area contributed by atoms with E-state index in [1.807, 2.05) is 38.1 Å². The SMILES string of the molecule is Cc1ccccc1N(C)C(=O)N1CCC(C)CC1C(=O)O. The van der Waals surface area contributed by atoms with Gasteiger partial charge in [0.05, 0.1) is 0 Å². The van der Waals surface area contributed by atoms with E-state index in [1.54, 1.807) is 11.9 Å². The molecule has 2 atom stereocenters. The van der Waals surface area contributed by atoms with Crippen LogP contribution >= 0.6 is 0 Å². The molecular formula is C16H22N2O3. The Hall–Kier alpha value is -2.04. The van der Waals surface area contributed by atoms with Gasteiger partial charge in [-0.15, -0.1) is 0 Å². The molecule has 1 aromatic carbocycles. The van der Waals surface area contributed by atoms with Crippen molar-refractivity contribution in [3.8, 4) is 0 Å². The van der Waals surface area contributed by atoms with Crippen LogP contribution in [0.2, 0.25) is 0 Å². The standard InChI is InChI=1S/C16H22N2O3/c1-11-8-9-18(14(10-11)15(19)20)16(21)17(3)13-7-5-4-6-12(13)2/h4-7,11,14H,8-10H2,1-3H3,(H,19,20). The molecule has 1 heterocycles. The van der Waals surface area contributed by atoms with Gasteiger partial charge in [0, 0.05) is 19.3 Å². The Labute approximate surface area is 125 Å². The number of rotatable bonds is 2. The number of carbonyl (C=O) groups excluding carboxylic acids is 1. The Kier molecular flexibility index (Phi) is 4.50. The summed E-state index contributed by atoms with van der Waals surface area (Å²) in [6.45, 7) is 4.46. The number of hydrogen-bond acceptors (Lipinski definition) is 2. The van der Waals surface area contributed by atoms with E-state index in [0.29, 0.717) is 18.9 Å². The second kappa shape index (κ2) is 6.16. The van der Waals surface area contributed by atoms with E-state index in [1.165, 1.54) is 4.90 Å². The first-order valence-electron chi connectivity index (χ1n) is 7.24. The molecule has 1 saturated heterocycles. The normalized spacial score (nSPS) is 22.0. The molecule has 2 amide bonds. The first-order chi connectivity index (χ1) is 9.91. The molecule has 2 unspecified atom stereocenters. The molecule has 0 spiro atoms. The number of aliphatic carboxylic acids is 1. The second-order valence-corrected chi connectivity index (χ2v) is 5.81. The minimum Gasteiger partial charge on any atom is -0.480 e. The molecule has 1 N–H and O–H groups in total. The lowest BCUT2D eigenvalue weighted by Crippen LogP contribution is -2.53. The van der Waals surface area contributed by atoms with Crippen LogP contribution < -0.4 is 4.90 Å². The smallest absolute Gasteiger partial charge is 0.326 e. The van der Waals surface area contributed by atoms with E-state index in [9.17, 15) is 14.7 Å². The number of carbonyl (C=O) groups is 2. The highest BCUT2D eigenvalue weighted by Gasteiger charge is 2.36. The Balaban J connectivity index is 2.22. The predicted octanol–water partition coefficient (Wildman–Crippen LogP) is 2.74. The fraction of sp³-hybridized carbons (Fsp3) is 0.500. The van der Waals surface area contributed by atoms with E-state index in [-0.39, 0.29) is 6.03 Å². The Morgan fingerprint density at radius 2 is 2.00 bits per heavy atom. The van der Waals surface area contributed by atoms with Gasteiger partial charge in [-0.3, -0.25) is 4.90 Å². The summed E-state index contributed by atoms with van der Waals surface area (Å²) in [5, 5.41) is 9.37. The van der Waals surface area contributed by atoms with Gasteiger partial charge in [0.2, 0.25) is 0 Å². The summed E-state index contributed by atoms with van der Waals surface area (Å²) in [7, 11) is 1.70. The van der Waals surface area contributed by atoms with Crippen LogP contribution in [0.5, 0.6) is 0 Å². The van der Waals surface area contributed by atoms with Crippen LogP contribution in [0.15, 0.2) is 24.3 Å². The molecule has 0 aliphatic carbocycles. The predicted molar refractivity (Wildman–Crippen MR) is 81.5 cm³/mol. The maximum Gasteiger partial charge on any atom is 0.326 e. The number of anilines is 1. The van der Waals surface area contributed by atoms with Crippen molar-refractivity contribution in [2.45, 2.75) is 32.7 Å². The zero-order valence-corrected chi connectivity index (χ0v) is 12.7. The second-order valence-electron chi connectivity index (χ2n) is 5.81. The van der Waals surface area contributed by atoms with Crippen LogP contribution in [0.4, 0.5) is 10.5 Å². The molecule has 1 aromatic rings. The summed E-state index contributed by atoms with van der Waals surface area (Å²) in [5.74, 6) is -0.591. The van der Waals surface area contributed by atoms with Gasteiger partial charge in [-0.25, -0.2) is 9.59 Å². The number of likely N-dealkylation sites (tertiary alicyclic amines) is 1. The van der Waals surface area contributed by atoms with Crippen molar-refractivity contribution in [2.24, 2.45) is 5.92 Å². The molecular weight excluding hydrogens is 268 g/mol. The van der Waals surface area contributed by atoms with Crippen LogP contribution in [0.25, 0.3) is 0 Å². The minimum atomic E-state index is -0.923. The Bertz CT molecular complexity index is 544. The molecule has 0 saturated carbocycles. The largest absolute Gasteiger partial charge is 0.480 e. The van der Waals surface area contributed by atoms with Crippen LogP contribution in [0.1, 0.15) is 25.3 Å². The van der Waals surface area contributed by atoms with Crippen molar-refractivity contribution < 1.29 is 14.7 Å². The molecule has 0 bridgehead atoms. The number of para-hydroxylation sites is 1. The van der Waals surface area contributed by atoms with E-state index in [2.05, 4.69) is 0 Å². The van der Waals surface area contributed by atoms with Gasteiger partial charge in [0.15, 0.2) is 0 Å². The van der Waals surface area contributed by atoms with E-state index in [4.69, 9.17) is 0 Å². The molecule has 5 nitrogen and oxygen atoms in total. The van der Waals surface area contributed by atoms with Crippen molar-refractivity contribution >= 4 is 17.7 Å². The molecule has 0 radical (unpaired) electrons. The summed E-state index contributed by atoms with van der Waals surface area (Å²) >= 11 is 0. The lowest BCUT2D eigenvalue weighted by Gasteiger charge is -2.38. The third-order valence-corrected chi connectivity index (χ3v) is 4.16. The van der Waals surface area contributed by atoms with Crippen LogP contribution in [-0.2, 0) is 4.79 Å².